The number of ether oxygens (including phenoxy) is 2. The van der Waals surface area contributed by atoms with Crippen LogP contribution in [0.25, 0.3) is 0 Å². The van der Waals surface area contributed by atoms with Crippen molar-refractivity contribution in [2.75, 3.05) is 0 Å². The number of esters is 2. The van der Waals surface area contributed by atoms with E-state index in [1.807, 2.05) is 0 Å². The first kappa shape index (κ1) is 14.6. The first-order valence-corrected chi connectivity index (χ1v) is 7.52. The summed E-state index contributed by atoms with van der Waals surface area (Å²) in [5, 5.41) is 10.9. The molecule has 4 aliphatic carbocycles. The molecule has 21 heavy (non-hydrogen) atoms. The van der Waals surface area contributed by atoms with E-state index in [9.17, 15) is 14.7 Å². The molecule has 1 N–H and O–H groups in total. The van der Waals surface area contributed by atoms with Crippen LogP contribution in [0, 0.1) is 11.8 Å². The lowest BCUT2D eigenvalue weighted by Gasteiger charge is -2.62. The van der Waals surface area contributed by atoms with Gasteiger partial charge in [0.15, 0.2) is 11.7 Å². The topological polar surface area (TPSA) is 72.8 Å². The normalized spacial score (nSPS) is 43.5. The summed E-state index contributed by atoms with van der Waals surface area (Å²) in [6.07, 6.45) is 2.84. The van der Waals surface area contributed by atoms with Crippen LogP contribution in [0.1, 0.15) is 46.0 Å². The summed E-state index contributed by atoms with van der Waals surface area (Å²) in [6, 6.07) is 0. The Morgan fingerprint density at radius 3 is 2.19 bits per heavy atom. The summed E-state index contributed by atoms with van der Waals surface area (Å²) in [7, 11) is 0. The van der Waals surface area contributed by atoms with Gasteiger partial charge in [-0.3, -0.25) is 4.79 Å². The molecule has 4 rings (SSSR count). The highest BCUT2D eigenvalue weighted by Gasteiger charge is 2.67. The Bertz CT molecular complexity index is 495. The molecule has 0 radical (unpaired) electrons. The molecule has 5 nitrogen and oxygen atoms in total. The Balaban J connectivity index is 1.95. The fourth-order valence-corrected chi connectivity index (χ4v) is 4.80. The summed E-state index contributed by atoms with van der Waals surface area (Å²) in [5.41, 5.74) is -1.63. The van der Waals surface area contributed by atoms with Gasteiger partial charge < -0.3 is 14.6 Å². The number of rotatable bonds is 3. The van der Waals surface area contributed by atoms with Gasteiger partial charge in [0.05, 0.1) is 0 Å². The maximum atomic E-state index is 12.0. The monoisotopic (exact) mass is 294 g/mol. The number of aliphatic hydroxyl groups is 1. The average molecular weight is 294 g/mol. The standard InChI is InChI=1S/C16H22O5/c1-9(2)13(18)21-16-7-11-4-12(8-16)6-15(19,5-11)14(16)20-10(3)17/h11-12,14,19H,1,4-8H2,2-3H3. The van der Waals surface area contributed by atoms with Crippen molar-refractivity contribution in [2.24, 2.45) is 11.8 Å². The molecule has 4 bridgehead atoms. The Hall–Kier alpha value is -1.36. The van der Waals surface area contributed by atoms with Gasteiger partial charge >= 0.3 is 11.9 Å². The summed E-state index contributed by atoms with van der Waals surface area (Å²) < 4.78 is 11.1. The third kappa shape index (κ3) is 2.27. The third-order valence-electron chi connectivity index (χ3n) is 5.11. The van der Waals surface area contributed by atoms with Gasteiger partial charge in [0.2, 0.25) is 0 Å². The maximum Gasteiger partial charge on any atom is 0.333 e. The molecule has 0 heterocycles. The number of carbonyl (C=O) groups is 2. The van der Waals surface area contributed by atoms with Gasteiger partial charge in [0.1, 0.15) is 5.60 Å². The predicted octanol–water partition coefficient (Wildman–Crippen LogP) is 1.73. The second-order valence-electron chi connectivity index (χ2n) is 7.11. The third-order valence-corrected chi connectivity index (χ3v) is 5.11. The second kappa shape index (κ2) is 4.57. The van der Waals surface area contributed by atoms with Crippen molar-refractivity contribution < 1.29 is 24.2 Å². The zero-order valence-corrected chi connectivity index (χ0v) is 12.6. The number of hydrogen-bond donors (Lipinski definition) is 1. The lowest BCUT2D eigenvalue weighted by molar-refractivity contribution is -0.282. The lowest BCUT2D eigenvalue weighted by Crippen LogP contribution is -2.71. The highest BCUT2D eigenvalue weighted by atomic mass is 16.6. The SMILES string of the molecule is C=C(C)C(=O)OC12CC3CC(CC(O)(C3)C1OC(C)=O)C2. The van der Waals surface area contributed by atoms with E-state index in [0.29, 0.717) is 43.1 Å². The van der Waals surface area contributed by atoms with Gasteiger partial charge in [-0.1, -0.05) is 6.58 Å². The van der Waals surface area contributed by atoms with Gasteiger partial charge in [-0.2, -0.15) is 0 Å². The quantitative estimate of drug-likeness (QED) is 0.634. The summed E-state index contributed by atoms with van der Waals surface area (Å²) in [6.45, 7) is 6.53. The molecule has 3 unspecified atom stereocenters. The van der Waals surface area contributed by atoms with Crippen molar-refractivity contribution in [3.8, 4) is 0 Å². The molecule has 0 spiro atoms. The van der Waals surface area contributed by atoms with Crippen LogP contribution in [0.5, 0.6) is 0 Å². The van der Waals surface area contributed by atoms with E-state index in [-0.39, 0.29) is 0 Å². The summed E-state index contributed by atoms with van der Waals surface area (Å²) >= 11 is 0. The maximum absolute atomic E-state index is 12.0. The Morgan fingerprint density at radius 2 is 1.71 bits per heavy atom. The van der Waals surface area contributed by atoms with E-state index in [4.69, 9.17) is 9.47 Å². The zero-order chi connectivity index (χ0) is 15.4. The molecule has 4 aliphatic rings. The van der Waals surface area contributed by atoms with Crippen LogP contribution < -0.4 is 0 Å². The second-order valence-corrected chi connectivity index (χ2v) is 7.11. The van der Waals surface area contributed by atoms with E-state index in [0.717, 1.165) is 6.42 Å². The molecule has 5 heteroatoms. The van der Waals surface area contributed by atoms with Crippen molar-refractivity contribution in [1.82, 2.24) is 0 Å². The molecule has 0 aromatic heterocycles. The van der Waals surface area contributed by atoms with Crippen molar-refractivity contribution >= 4 is 11.9 Å². The highest BCUT2D eigenvalue weighted by molar-refractivity contribution is 5.87. The predicted molar refractivity (Wildman–Crippen MR) is 74.2 cm³/mol. The van der Waals surface area contributed by atoms with E-state index < -0.39 is 29.2 Å². The first-order chi connectivity index (χ1) is 9.74. The minimum atomic E-state index is -1.06. The van der Waals surface area contributed by atoms with Gasteiger partial charge in [-0.05, 0) is 50.9 Å². The molecule has 0 aromatic rings. The van der Waals surface area contributed by atoms with E-state index in [1.165, 1.54) is 6.92 Å². The van der Waals surface area contributed by atoms with Gasteiger partial charge in [-0.25, -0.2) is 4.79 Å². The Morgan fingerprint density at radius 1 is 1.14 bits per heavy atom. The average Bonchev–Trinajstić information content (AvgIpc) is 2.32. The number of carbonyl (C=O) groups excluding carboxylic acids is 2. The Labute approximate surface area is 124 Å². The van der Waals surface area contributed by atoms with Crippen LogP contribution in [-0.2, 0) is 19.1 Å². The highest BCUT2D eigenvalue weighted by Crippen LogP contribution is 2.60. The van der Waals surface area contributed by atoms with Gasteiger partial charge in [0, 0.05) is 12.5 Å². The van der Waals surface area contributed by atoms with Crippen LogP contribution in [-0.4, -0.2) is 34.4 Å². The van der Waals surface area contributed by atoms with E-state index >= 15 is 0 Å². The summed E-state index contributed by atoms with van der Waals surface area (Å²) in [4.78, 5) is 23.5. The molecular formula is C16H22O5. The fraction of sp³-hybridized carbons (Fsp3) is 0.750. The van der Waals surface area contributed by atoms with E-state index in [2.05, 4.69) is 6.58 Å². The van der Waals surface area contributed by atoms with Crippen molar-refractivity contribution in [3.05, 3.63) is 12.2 Å². The lowest BCUT2D eigenvalue weighted by atomic mass is 9.50. The molecule has 0 aromatic carbocycles. The van der Waals surface area contributed by atoms with Crippen LogP contribution in [0.2, 0.25) is 0 Å². The fourth-order valence-electron chi connectivity index (χ4n) is 4.80. The van der Waals surface area contributed by atoms with Gasteiger partial charge in [0.25, 0.3) is 0 Å². The van der Waals surface area contributed by atoms with Crippen molar-refractivity contribution in [2.45, 2.75) is 63.3 Å². The van der Waals surface area contributed by atoms with Crippen LogP contribution in [0.4, 0.5) is 0 Å². The van der Waals surface area contributed by atoms with Crippen LogP contribution in [0.3, 0.4) is 0 Å². The van der Waals surface area contributed by atoms with Crippen molar-refractivity contribution in [1.29, 1.82) is 0 Å². The number of hydrogen-bond acceptors (Lipinski definition) is 5. The van der Waals surface area contributed by atoms with Crippen LogP contribution >= 0.6 is 0 Å². The molecule has 0 saturated heterocycles. The van der Waals surface area contributed by atoms with Crippen LogP contribution in [0.15, 0.2) is 12.2 Å². The molecule has 0 amide bonds. The molecule has 0 aliphatic heterocycles. The molecular weight excluding hydrogens is 272 g/mol. The van der Waals surface area contributed by atoms with Gasteiger partial charge in [-0.15, -0.1) is 0 Å². The minimum Gasteiger partial charge on any atom is -0.455 e. The molecule has 4 saturated carbocycles. The molecule has 4 fully saturated rings. The van der Waals surface area contributed by atoms with E-state index in [1.54, 1.807) is 6.92 Å². The Kier molecular flexibility index (Phi) is 3.17. The molecule has 116 valence electrons. The zero-order valence-electron chi connectivity index (χ0n) is 12.6. The largest absolute Gasteiger partial charge is 0.455 e. The first-order valence-electron chi connectivity index (χ1n) is 7.52. The minimum absolute atomic E-state index is 0.319. The summed E-state index contributed by atoms with van der Waals surface area (Å²) in [5.74, 6) is -0.274. The van der Waals surface area contributed by atoms with Crippen molar-refractivity contribution in [3.63, 3.8) is 0 Å². The molecule has 3 atom stereocenters. The smallest absolute Gasteiger partial charge is 0.333 e.